The summed E-state index contributed by atoms with van der Waals surface area (Å²) in [6, 6.07) is 4.06. The number of hydrogen-bond acceptors (Lipinski definition) is 1. The first-order valence-corrected chi connectivity index (χ1v) is 6.79. The molecule has 0 aromatic carbocycles. The Balaban J connectivity index is 3.04. The summed E-state index contributed by atoms with van der Waals surface area (Å²) in [6.45, 7) is 8.55. The molecule has 0 bridgehead atoms. The molecular formula is C15H25NO. The minimum absolute atomic E-state index is 0.127. The highest BCUT2D eigenvalue weighted by Crippen LogP contribution is 2.23. The van der Waals surface area contributed by atoms with Crippen molar-refractivity contribution in [1.29, 1.82) is 0 Å². The predicted octanol–water partition coefficient (Wildman–Crippen LogP) is 4.00. The van der Waals surface area contributed by atoms with E-state index in [1.165, 1.54) is 32.1 Å². The third-order valence-electron chi connectivity index (χ3n) is 3.34. The topological polar surface area (TPSA) is 22.0 Å². The lowest BCUT2D eigenvalue weighted by Crippen LogP contribution is -2.18. The average Bonchev–Trinajstić information content (AvgIpc) is 2.24. The van der Waals surface area contributed by atoms with Crippen LogP contribution in [0.2, 0.25) is 0 Å². The number of nitrogens with zero attached hydrogens (tertiary/aromatic N) is 1. The zero-order valence-electron chi connectivity index (χ0n) is 11.6. The summed E-state index contributed by atoms with van der Waals surface area (Å²) in [5.41, 5.74) is 2.33. The van der Waals surface area contributed by atoms with Crippen LogP contribution in [0.4, 0.5) is 0 Å². The molecule has 0 saturated heterocycles. The van der Waals surface area contributed by atoms with Crippen LogP contribution in [0.15, 0.2) is 16.9 Å². The summed E-state index contributed by atoms with van der Waals surface area (Å²) < 4.78 is 2.35. The van der Waals surface area contributed by atoms with Crippen LogP contribution in [0.1, 0.15) is 63.4 Å². The van der Waals surface area contributed by atoms with Gasteiger partial charge in [0.1, 0.15) is 0 Å². The zero-order chi connectivity index (χ0) is 12.8. The van der Waals surface area contributed by atoms with E-state index in [-0.39, 0.29) is 5.43 Å². The highest BCUT2D eigenvalue weighted by molar-refractivity contribution is 5.13. The van der Waals surface area contributed by atoms with E-state index in [0.717, 1.165) is 11.4 Å². The monoisotopic (exact) mass is 235 g/mol. The number of hydrogen-bond donors (Lipinski definition) is 0. The average molecular weight is 235 g/mol. The molecule has 1 unspecified atom stereocenters. The standard InChI is InChI=1S/C15H25NO/c1-5-7-9-14(8-6-2)16-12(3)10-15(17)11-13(16)4/h10-11,14H,5-9H2,1-4H3. The Hall–Kier alpha value is -1.05. The van der Waals surface area contributed by atoms with E-state index in [1.807, 2.05) is 13.8 Å². The third kappa shape index (κ3) is 3.72. The molecule has 17 heavy (non-hydrogen) atoms. The van der Waals surface area contributed by atoms with Gasteiger partial charge in [0.25, 0.3) is 0 Å². The van der Waals surface area contributed by atoms with Crippen LogP contribution in [-0.4, -0.2) is 4.57 Å². The molecule has 0 aliphatic carbocycles. The van der Waals surface area contributed by atoms with E-state index in [4.69, 9.17) is 0 Å². The summed E-state index contributed by atoms with van der Waals surface area (Å²) in [7, 11) is 0. The lowest BCUT2D eigenvalue weighted by atomic mass is 10.0. The Labute approximate surface area is 105 Å². The summed E-state index contributed by atoms with van der Waals surface area (Å²) >= 11 is 0. The molecule has 0 saturated carbocycles. The van der Waals surface area contributed by atoms with Gasteiger partial charge >= 0.3 is 0 Å². The van der Waals surface area contributed by atoms with E-state index < -0.39 is 0 Å². The Morgan fingerprint density at radius 2 is 1.65 bits per heavy atom. The number of rotatable bonds is 6. The second kappa shape index (κ2) is 6.63. The number of aryl methyl sites for hydroxylation is 2. The van der Waals surface area contributed by atoms with E-state index in [9.17, 15) is 4.79 Å². The van der Waals surface area contributed by atoms with Gasteiger partial charge in [-0.2, -0.15) is 0 Å². The van der Waals surface area contributed by atoms with Crippen molar-refractivity contribution in [3.8, 4) is 0 Å². The van der Waals surface area contributed by atoms with Gasteiger partial charge in [0.05, 0.1) is 0 Å². The summed E-state index contributed by atoms with van der Waals surface area (Å²) in [5.74, 6) is 0. The molecule has 0 N–H and O–H groups in total. The van der Waals surface area contributed by atoms with E-state index in [0.29, 0.717) is 6.04 Å². The zero-order valence-corrected chi connectivity index (χ0v) is 11.6. The molecule has 1 aromatic rings. The number of unbranched alkanes of at least 4 members (excludes halogenated alkanes) is 1. The largest absolute Gasteiger partial charge is 0.346 e. The summed E-state index contributed by atoms with van der Waals surface area (Å²) in [5, 5.41) is 0. The molecule has 1 aromatic heterocycles. The quantitative estimate of drug-likeness (QED) is 0.730. The normalized spacial score (nSPS) is 12.7. The fourth-order valence-electron chi connectivity index (χ4n) is 2.62. The van der Waals surface area contributed by atoms with Crippen molar-refractivity contribution in [3.05, 3.63) is 33.7 Å². The van der Waals surface area contributed by atoms with Crippen molar-refractivity contribution < 1.29 is 0 Å². The second-order valence-corrected chi connectivity index (χ2v) is 4.93. The van der Waals surface area contributed by atoms with Gasteiger partial charge in [0.2, 0.25) is 0 Å². The fourth-order valence-corrected chi connectivity index (χ4v) is 2.62. The smallest absolute Gasteiger partial charge is 0.182 e. The molecule has 96 valence electrons. The fraction of sp³-hybridized carbons (Fsp3) is 0.667. The van der Waals surface area contributed by atoms with Crippen LogP contribution in [0.25, 0.3) is 0 Å². The second-order valence-electron chi connectivity index (χ2n) is 4.93. The molecule has 1 rings (SSSR count). The van der Waals surface area contributed by atoms with Crippen LogP contribution in [0, 0.1) is 13.8 Å². The Morgan fingerprint density at radius 3 is 2.12 bits per heavy atom. The van der Waals surface area contributed by atoms with Crippen molar-refractivity contribution in [1.82, 2.24) is 4.57 Å². The van der Waals surface area contributed by atoms with Crippen LogP contribution >= 0.6 is 0 Å². The SMILES string of the molecule is CCCCC(CCC)n1c(C)cc(=O)cc1C. The third-order valence-corrected chi connectivity index (χ3v) is 3.34. The van der Waals surface area contributed by atoms with Gasteiger partial charge in [-0.05, 0) is 26.7 Å². The van der Waals surface area contributed by atoms with Gasteiger partial charge in [0.15, 0.2) is 5.43 Å². The summed E-state index contributed by atoms with van der Waals surface area (Å²) in [4.78, 5) is 11.4. The van der Waals surface area contributed by atoms with Crippen molar-refractivity contribution in [2.24, 2.45) is 0 Å². The molecule has 1 atom stereocenters. The van der Waals surface area contributed by atoms with Gasteiger partial charge in [-0.3, -0.25) is 4.79 Å². The predicted molar refractivity (Wildman–Crippen MR) is 73.6 cm³/mol. The van der Waals surface area contributed by atoms with Gasteiger partial charge in [-0.1, -0.05) is 33.1 Å². The maximum Gasteiger partial charge on any atom is 0.182 e. The maximum absolute atomic E-state index is 11.4. The van der Waals surface area contributed by atoms with E-state index in [1.54, 1.807) is 12.1 Å². The first kappa shape index (κ1) is 14.0. The van der Waals surface area contributed by atoms with Gasteiger partial charge < -0.3 is 4.57 Å². The Morgan fingerprint density at radius 1 is 1.06 bits per heavy atom. The van der Waals surface area contributed by atoms with E-state index in [2.05, 4.69) is 18.4 Å². The van der Waals surface area contributed by atoms with Crippen LogP contribution in [-0.2, 0) is 0 Å². The molecule has 0 amide bonds. The van der Waals surface area contributed by atoms with Crippen molar-refractivity contribution in [2.75, 3.05) is 0 Å². The highest BCUT2D eigenvalue weighted by Gasteiger charge is 2.12. The molecule has 0 fully saturated rings. The first-order chi connectivity index (χ1) is 8.10. The van der Waals surface area contributed by atoms with Crippen molar-refractivity contribution in [2.45, 2.75) is 65.8 Å². The maximum atomic E-state index is 11.4. The summed E-state index contributed by atoms with van der Waals surface area (Å²) in [6.07, 6.45) is 6.10. The molecule has 1 heterocycles. The molecular weight excluding hydrogens is 210 g/mol. The van der Waals surface area contributed by atoms with Crippen LogP contribution in [0.5, 0.6) is 0 Å². The molecule has 0 aliphatic rings. The molecule has 2 nitrogen and oxygen atoms in total. The van der Waals surface area contributed by atoms with Crippen LogP contribution in [0.3, 0.4) is 0 Å². The highest BCUT2D eigenvalue weighted by atomic mass is 16.1. The van der Waals surface area contributed by atoms with E-state index >= 15 is 0 Å². The lowest BCUT2D eigenvalue weighted by molar-refractivity contribution is 0.402. The first-order valence-electron chi connectivity index (χ1n) is 6.79. The number of aromatic nitrogens is 1. The van der Waals surface area contributed by atoms with Gasteiger partial charge in [-0.15, -0.1) is 0 Å². The van der Waals surface area contributed by atoms with Gasteiger partial charge in [-0.25, -0.2) is 0 Å². The minimum Gasteiger partial charge on any atom is -0.346 e. The van der Waals surface area contributed by atoms with Crippen molar-refractivity contribution in [3.63, 3.8) is 0 Å². The number of pyridine rings is 1. The van der Waals surface area contributed by atoms with Gasteiger partial charge in [0, 0.05) is 29.6 Å². The molecule has 2 heteroatoms. The van der Waals surface area contributed by atoms with Crippen LogP contribution < -0.4 is 5.43 Å². The Bertz CT molecular complexity index is 380. The lowest BCUT2D eigenvalue weighted by Gasteiger charge is -2.25. The molecule has 0 spiro atoms. The minimum atomic E-state index is 0.127. The molecule has 0 aliphatic heterocycles. The Kier molecular flexibility index (Phi) is 5.46. The van der Waals surface area contributed by atoms with Crippen molar-refractivity contribution >= 4 is 0 Å². The molecule has 0 radical (unpaired) electrons.